The Morgan fingerprint density at radius 1 is 1.31 bits per heavy atom. The molecule has 0 atom stereocenters. The Hall–Kier alpha value is -2.34. The van der Waals surface area contributed by atoms with Crippen LogP contribution in [0.25, 0.3) is 11.0 Å². The molecule has 1 aromatic carbocycles. The fraction of sp³-hybridized carbons (Fsp3) is 0.0769. The highest BCUT2D eigenvalue weighted by molar-refractivity contribution is 5.79. The summed E-state index contributed by atoms with van der Waals surface area (Å²) in [5.74, 6) is 4.64. The number of rotatable bonds is 0. The normalized spacial score (nSPS) is 9.56. The Morgan fingerprint density at radius 2 is 2.12 bits per heavy atom. The maximum atomic E-state index is 11.5. The van der Waals surface area contributed by atoms with E-state index in [4.69, 9.17) is 4.42 Å². The van der Waals surface area contributed by atoms with Gasteiger partial charge in [0, 0.05) is 5.39 Å². The molecule has 0 unspecified atom stereocenters. The summed E-state index contributed by atoms with van der Waals surface area (Å²) in [7, 11) is 0. The molecule has 3 heteroatoms. The highest BCUT2D eigenvalue weighted by atomic mass is 16.4. The Balaban J connectivity index is 2.72. The monoisotopic (exact) mass is 212 g/mol. The summed E-state index contributed by atoms with van der Waals surface area (Å²) in [5.41, 5.74) is 1.22. The van der Waals surface area contributed by atoms with Gasteiger partial charge in [-0.15, -0.1) is 0 Å². The van der Waals surface area contributed by atoms with Crippen molar-refractivity contribution in [3.63, 3.8) is 0 Å². The zero-order valence-corrected chi connectivity index (χ0v) is 8.61. The summed E-state index contributed by atoms with van der Waals surface area (Å²) in [4.78, 5) is 21.6. The van der Waals surface area contributed by atoms with Crippen molar-refractivity contribution >= 4 is 17.3 Å². The first-order valence-electron chi connectivity index (χ1n) is 4.70. The second-order valence-corrected chi connectivity index (χ2v) is 3.38. The third-order valence-corrected chi connectivity index (χ3v) is 2.16. The highest BCUT2D eigenvalue weighted by Crippen LogP contribution is 2.14. The molecule has 1 aromatic heterocycles. The van der Waals surface area contributed by atoms with Crippen molar-refractivity contribution in [2.45, 2.75) is 6.92 Å². The molecule has 1 heterocycles. The van der Waals surface area contributed by atoms with Gasteiger partial charge in [0.25, 0.3) is 0 Å². The minimum atomic E-state index is -0.521. The van der Waals surface area contributed by atoms with E-state index in [0.29, 0.717) is 11.9 Å². The summed E-state index contributed by atoms with van der Waals surface area (Å²) in [6.07, 6.45) is 0.443. The molecular formula is C13H8O3. The van der Waals surface area contributed by atoms with Crippen LogP contribution in [0.15, 0.2) is 33.5 Å². The standard InChI is InChI=1S/C13H8O3/c1-9-4-5-10-8-11(3-2-6-14)13(15)16-12(10)7-9/h4-8H,1H3. The molecule has 0 bridgehead atoms. The van der Waals surface area contributed by atoms with Gasteiger partial charge in [0.05, 0.1) is 0 Å². The van der Waals surface area contributed by atoms with Gasteiger partial charge in [0.15, 0.2) is 6.29 Å². The molecule has 0 spiro atoms. The van der Waals surface area contributed by atoms with Crippen LogP contribution < -0.4 is 5.63 Å². The minimum Gasteiger partial charge on any atom is -0.422 e. The van der Waals surface area contributed by atoms with E-state index < -0.39 is 5.63 Å². The first-order valence-corrected chi connectivity index (χ1v) is 4.70. The SMILES string of the molecule is Cc1ccc2cc(C#CC=O)c(=O)oc2c1. The average molecular weight is 212 g/mol. The van der Waals surface area contributed by atoms with E-state index in [2.05, 4.69) is 11.8 Å². The van der Waals surface area contributed by atoms with Crippen molar-refractivity contribution in [2.24, 2.45) is 0 Å². The molecule has 0 aliphatic carbocycles. The van der Waals surface area contributed by atoms with Gasteiger partial charge >= 0.3 is 5.63 Å². The van der Waals surface area contributed by atoms with Crippen LogP contribution in [0.5, 0.6) is 0 Å². The molecule has 0 saturated carbocycles. The van der Waals surface area contributed by atoms with E-state index in [9.17, 15) is 9.59 Å². The fourth-order valence-electron chi connectivity index (χ4n) is 1.41. The Labute approximate surface area is 91.7 Å². The van der Waals surface area contributed by atoms with Crippen molar-refractivity contribution in [1.82, 2.24) is 0 Å². The number of carbonyl (C=O) groups excluding carboxylic acids is 1. The Morgan fingerprint density at radius 3 is 2.88 bits per heavy atom. The topological polar surface area (TPSA) is 47.3 Å². The molecule has 0 radical (unpaired) electrons. The van der Waals surface area contributed by atoms with Crippen LogP contribution in [0.3, 0.4) is 0 Å². The number of hydrogen-bond donors (Lipinski definition) is 0. The first-order chi connectivity index (χ1) is 7.70. The second-order valence-electron chi connectivity index (χ2n) is 3.38. The largest absolute Gasteiger partial charge is 0.422 e. The quantitative estimate of drug-likeness (QED) is 0.379. The molecule has 2 aromatic rings. The van der Waals surface area contributed by atoms with E-state index in [1.54, 1.807) is 12.1 Å². The Kier molecular flexibility index (Phi) is 2.57. The van der Waals surface area contributed by atoms with Gasteiger partial charge in [-0.1, -0.05) is 18.1 Å². The summed E-state index contributed by atoms with van der Waals surface area (Å²) >= 11 is 0. The molecule has 0 aliphatic heterocycles. The average Bonchev–Trinajstić information content (AvgIpc) is 2.26. The molecule has 0 amide bonds. The second kappa shape index (κ2) is 4.03. The lowest BCUT2D eigenvalue weighted by atomic mass is 10.1. The molecule has 3 nitrogen and oxygen atoms in total. The molecular weight excluding hydrogens is 204 g/mol. The van der Waals surface area contributed by atoms with E-state index in [1.807, 2.05) is 19.1 Å². The summed E-state index contributed by atoms with van der Waals surface area (Å²) < 4.78 is 5.10. The van der Waals surface area contributed by atoms with Crippen molar-refractivity contribution in [1.29, 1.82) is 0 Å². The predicted molar refractivity (Wildman–Crippen MR) is 60.2 cm³/mol. The smallest absolute Gasteiger partial charge is 0.352 e. The van der Waals surface area contributed by atoms with Gasteiger partial charge < -0.3 is 4.42 Å². The van der Waals surface area contributed by atoms with Crippen molar-refractivity contribution in [3.05, 3.63) is 45.8 Å². The summed E-state index contributed by atoms with van der Waals surface area (Å²) in [6, 6.07) is 7.17. The third-order valence-electron chi connectivity index (χ3n) is 2.16. The number of aryl methyl sites for hydroxylation is 1. The van der Waals surface area contributed by atoms with Gasteiger partial charge in [-0.25, -0.2) is 4.79 Å². The van der Waals surface area contributed by atoms with Gasteiger partial charge in [-0.2, -0.15) is 0 Å². The fourth-order valence-corrected chi connectivity index (χ4v) is 1.41. The van der Waals surface area contributed by atoms with Gasteiger partial charge in [0.2, 0.25) is 0 Å². The zero-order valence-electron chi connectivity index (χ0n) is 8.61. The molecule has 0 fully saturated rings. The molecule has 78 valence electrons. The van der Waals surface area contributed by atoms with Gasteiger partial charge in [-0.3, -0.25) is 4.79 Å². The summed E-state index contributed by atoms with van der Waals surface area (Å²) in [6.45, 7) is 1.92. The van der Waals surface area contributed by atoms with Crippen LogP contribution in [0.4, 0.5) is 0 Å². The zero-order chi connectivity index (χ0) is 11.5. The van der Waals surface area contributed by atoms with E-state index in [1.165, 1.54) is 0 Å². The van der Waals surface area contributed by atoms with Crippen LogP contribution in [0, 0.1) is 18.8 Å². The summed E-state index contributed by atoms with van der Waals surface area (Å²) in [5, 5.41) is 0.792. The highest BCUT2D eigenvalue weighted by Gasteiger charge is 2.02. The third kappa shape index (κ3) is 1.86. The minimum absolute atomic E-state index is 0.198. The lowest BCUT2D eigenvalue weighted by molar-refractivity contribution is -0.103. The number of aldehydes is 1. The molecule has 0 aliphatic rings. The van der Waals surface area contributed by atoms with Crippen LogP contribution in [-0.2, 0) is 4.79 Å². The maximum absolute atomic E-state index is 11.5. The lowest BCUT2D eigenvalue weighted by Crippen LogP contribution is -2.03. The van der Waals surface area contributed by atoms with Crippen LogP contribution >= 0.6 is 0 Å². The van der Waals surface area contributed by atoms with E-state index in [0.717, 1.165) is 10.9 Å². The van der Waals surface area contributed by atoms with Crippen molar-refractivity contribution in [2.75, 3.05) is 0 Å². The molecule has 0 saturated heterocycles. The number of fused-ring (bicyclic) bond motifs is 1. The van der Waals surface area contributed by atoms with Gasteiger partial charge in [0.1, 0.15) is 11.1 Å². The van der Waals surface area contributed by atoms with E-state index >= 15 is 0 Å². The Bertz CT molecular complexity index is 669. The van der Waals surface area contributed by atoms with Gasteiger partial charge in [-0.05, 0) is 30.5 Å². The molecule has 0 N–H and O–H groups in total. The van der Waals surface area contributed by atoms with Crippen molar-refractivity contribution in [3.8, 4) is 11.8 Å². The molecule has 16 heavy (non-hydrogen) atoms. The maximum Gasteiger partial charge on any atom is 0.352 e. The first kappa shape index (κ1) is 10.2. The predicted octanol–water partition coefficient (Wildman–Crippen LogP) is 1.65. The number of benzene rings is 1. The number of carbonyl (C=O) groups is 1. The number of hydrogen-bond acceptors (Lipinski definition) is 3. The van der Waals surface area contributed by atoms with Crippen LogP contribution in [0.1, 0.15) is 11.1 Å². The van der Waals surface area contributed by atoms with Crippen LogP contribution in [-0.4, -0.2) is 6.29 Å². The molecule has 2 rings (SSSR count). The van der Waals surface area contributed by atoms with E-state index in [-0.39, 0.29) is 5.56 Å². The van der Waals surface area contributed by atoms with Crippen molar-refractivity contribution < 1.29 is 9.21 Å². The van der Waals surface area contributed by atoms with Crippen LogP contribution in [0.2, 0.25) is 0 Å². The lowest BCUT2D eigenvalue weighted by Gasteiger charge is -1.98.